The first-order chi connectivity index (χ1) is 9.11. The van der Waals surface area contributed by atoms with Gasteiger partial charge in [-0.15, -0.1) is 10.2 Å². The third kappa shape index (κ3) is 3.48. The Balaban J connectivity index is 2.13. The van der Waals surface area contributed by atoms with E-state index in [1.165, 1.54) is 18.2 Å². The van der Waals surface area contributed by atoms with Gasteiger partial charge in [-0.05, 0) is 32.9 Å². The van der Waals surface area contributed by atoms with Crippen LogP contribution in [0.4, 0.5) is 0 Å². The van der Waals surface area contributed by atoms with Crippen molar-refractivity contribution in [2.24, 2.45) is 0 Å². The Bertz CT molecular complexity index is 449. The number of aromatic nitrogens is 3. The SMILES string of the molecule is CCN1CCCC(n2c(C)nnc2SCC(=O)O)C1. The molecule has 1 aromatic heterocycles. The molecule has 1 saturated heterocycles. The molecule has 106 valence electrons. The maximum Gasteiger partial charge on any atom is 0.313 e. The Kier molecular flexibility index (Phi) is 4.81. The molecule has 0 spiro atoms. The molecule has 0 aliphatic carbocycles. The summed E-state index contributed by atoms with van der Waals surface area (Å²) in [5.74, 6) is 0.0781. The lowest BCUT2D eigenvalue weighted by atomic mass is 10.1. The van der Waals surface area contributed by atoms with Crippen molar-refractivity contribution in [3.63, 3.8) is 0 Å². The number of carboxylic acids is 1. The molecule has 1 unspecified atom stereocenters. The molecule has 0 aromatic carbocycles. The predicted octanol–water partition coefficient (Wildman–Crippen LogP) is 1.42. The zero-order valence-corrected chi connectivity index (χ0v) is 12.2. The van der Waals surface area contributed by atoms with Gasteiger partial charge in [0.25, 0.3) is 0 Å². The number of piperidine rings is 1. The largest absolute Gasteiger partial charge is 0.481 e. The Morgan fingerprint density at radius 1 is 1.53 bits per heavy atom. The summed E-state index contributed by atoms with van der Waals surface area (Å²) >= 11 is 1.25. The fourth-order valence-corrected chi connectivity index (χ4v) is 3.30. The van der Waals surface area contributed by atoms with Crippen molar-refractivity contribution >= 4 is 17.7 Å². The van der Waals surface area contributed by atoms with E-state index in [1.54, 1.807) is 0 Å². The third-order valence-corrected chi connectivity index (χ3v) is 4.38. The van der Waals surface area contributed by atoms with Gasteiger partial charge < -0.3 is 14.6 Å². The summed E-state index contributed by atoms with van der Waals surface area (Å²) in [5.41, 5.74) is 0. The molecule has 1 aromatic rings. The van der Waals surface area contributed by atoms with E-state index in [0.29, 0.717) is 6.04 Å². The van der Waals surface area contributed by atoms with Gasteiger partial charge in [0, 0.05) is 6.54 Å². The molecule has 0 bridgehead atoms. The molecule has 7 heteroatoms. The van der Waals surface area contributed by atoms with E-state index in [1.807, 2.05) is 6.92 Å². The van der Waals surface area contributed by atoms with Crippen LogP contribution in [-0.4, -0.2) is 56.1 Å². The molecule has 2 rings (SSSR count). The molecule has 1 aliphatic heterocycles. The van der Waals surface area contributed by atoms with Gasteiger partial charge >= 0.3 is 5.97 Å². The number of carboxylic acid groups (broad SMARTS) is 1. The second-order valence-corrected chi connectivity index (χ2v) is 5.71. The fourth-order valence-electron chi connectivity index (χ4n) is 2.52. The van der Waals surface area contributed by atoms with Crippen LogP contribution in [0.25, 0.3) is 0 Å². The maximum absolute atomic E-state index is 10.7. The lowest BCUT2D eigenvalue weighted by Gasteiger charge is -2.33. The van der Waals surface area contributed by atoms with Gasteiger partial charge in [0.2, 0.25) is 0 Å². The van der Waals surface area contributed by atoms with Gasteiger partial charge in [-0.2, -0.15) is 0 Å². The summed E-state index contributed by atoms with van der Waals surface area (Å²) in [7, 11) is 0. The first-order valence-electron chi connectivity index (χ1n) is 6.60. The van der Waals surface area contributed by atoms with Crippen molar-refractivity contribution < 1.29 is 9.90 Å². The van der Waals surface area contributed by atoms with Gasteiger partial charge in [-0.3, -0.25) is 4.79 Å². The summed E-state index contributed by atoms with van der Waals surface area (Å²) in [4.78, 5) is 13.1. The highest BCUT2D eigenvalue weighted by Gasteiger charge is 2.24. The number of hydrogen-bond donors (Lipinski definition) is 1. The minimum atomic E-state index is -0.823. The number of likely N-dealkylation sites (N-methyl/N-ethyl adjacent to an activating group) is 1. The van der Waals surface area contributed by atoms with Crippen LogP contribution in [0.2, 0.25) is 0 Å². The summed E-state index contributed by atoms with van der Waals surface area (Å²) < 4.78 is 2.11. The molecule has 0 amide bonds. The highest BCUT2D eigenvalue weighted by atomic mass is 32.2. The topological polar surface area (TPSA) is 71.2 Å². The van der Waals surface area contributed by atoms with Gasteiger partial charge in [-0.1, -0.05) is 18.7 Å². The Labute approximate surface area is 117 Å². The van der Waals surface area contributed by atoms with Crippen molar-refractivity contribution in [3.05, 3.63) is 5.82 Å². The predicted molar refractivity (Wildman–Crippen MR) is 73.5 cm³/mol. The number of likely N-dealkylation sites (tertiary alicyclic amines) is 1. The van der Waals surface area contributed by atoms with Crippen LogP contribution in [0.3, 0.4) is 0 Å². The quantitative estimate of drug-likeness (QED) is 0.825. The van der Waals surface area contributed by atoms with Crippen LogP contribution in [-0.2, 0) is 4.79 Å². The number of thioether (sulfide) groups is 1. The summed E-state index contributed by atoms with van der Waals surface area (Å²) in [6.45, 7) is 7.29. The number of aryl methyl sites for hydroxylation is 1. The smallest absolute Gasteiger partial charge is 0.313 e. The van der Waals surface area contributed by atoms with Crippen LogP contribution in [0.15, 0.2) is 5.16 Å². The summed E-state index contributed by atoms with van der Waals surface area (Å²) in [5, 5.41) is 17.7. The maximum atomic E-state index is 10.7. The van der Waals surface area contributed by atoms with Crippen LogP contribution in [0.5, 0.6) is 0 Å². The van der Waals surface area contributed by atoms with Crippen molar-refractivity contribution in [2.75, 3.05) is 25.4 Å². The average Bonchev–Trinajstić information content (AvgIpc) is 2.77. The van der Waals surface area contributed by atoms with E-state index in [2.05, 4.69) is 26.6 Å². The van der Waals surface area contributed by atoms with E-state index in [9.17, 15) is 4.79 Å². The minimum absolute atomic E-state index is 0.0301. The van der Waals surface area contributed by atoms with Crippen molar-refractivity contribution in [3.8, 4) is 0 Å². The Morgan fingerprint density at radius 3 is 3.00 bits per heavy atom. The molecular formula is C12H20N4O2S. The van der Waals surface area contributed by atoms with E-state index in [-0.39, 0.29) is 5.75 Å². The van der Waals surface area contributed by atoms with Crippen molar-refractivity contribution in [1.82, 2.24) is 19.7 Å². The van der Waals surface area contributed by atoms with E-state index in [4.69, 9.17) is 5.11 Å². The number of rotatable bonds is 5. The lowest BCUT2D eigenvalue weighted by Crippen LogP contribution is -2.36. The van der Waals surface area contributed by atoms with Crippen LogP contribution < -0.4 is 0 Å². The Morgan fingerprint density at radius 2 is 2.32 bits per heavy atom. The van der Waals surface area contributed by atoms with E-state index in [0.717, 1.165) is 37.0 Å². The monoisotopic (exact) mass is 284 g/mol. The van der Waals surface area contributed by atoms with Gasteiger partial charge in [0.05, 0.1) is 11.8 Å². The standard InChI is InChI=1S/C12H20N4O2S/c1-3-15-6-4-5-10(7-15)16-9(2)13-14-12(16)19-8-11(17)18/h10H,3-8H2,1-2H3,(H,17,18). The zero-order chi connectivity index (χ0) is 13.8. The summed E-state index contributed by atoms with van der Waals surface area (Å²) in [6, 6.07) is 0.361. The molecular weight excluding hydrogens is 264 g/mol. The number of hydrogen-bond acceptors (Lipinski definition) is 5. The number of carbonyl (C=O) groups is 1. The molecule has 1 atom stereocenters. The van der Waals surface area contributed by atoms with Gasteiger partial charge in [-0.25, -0.2) is 0 Å². The molecule has 1 aliphatic rings. The first kappa shape index (κ1) is 14.3. The van der Waals surface area contributed by atoms with Gasteiger partial charge in [0.15, 0.2) is 5.16 Å². The highest BCUT2D eigenvalue weighted by molar-refractivity contribution is 7.99. The first-order valence-corrected chi connectivity index (χ1v) is 7.58. The molecule has 1 fully saturated rings. The van der Waals surface area contributed by atoms with Gasteiger partial charge in [0.1, 0.15) is 5.82 Å². The highest BCUT2D eigenvalue weighted by Crippen LogP contribution is 2.27. The average molecular weight is 284 g/mol. The molecule has 6 nitrogen and oxygen atoms in total. The molecule has 1 N–H and O–H groups in total. The number of nitrogens with zero attached hydrogens (tertiary/aromatic N) is 4. The molecule has 19 heavy (non-hydrogen) atoms. The third-order valence-electron chi connectivity index (χ3n) is 3.45. The molecule has 0 radical (unpaired) electrons. The van der Waals surface area contributed by atoms with E-state index < -0.39 is 5.97 Å². The van der Waals surface area contributed by atoms with Crippen molar-refractivity contribution in [1.29, 1.82) is 0 Å². The second kappa shape index (κ2) is 6.38. The molecule has 2 heterocycles. The van der Waals surface area contributed by atoms with E-state index >= 15 is 0 Å². The number of aliphatic carboxylic acids is 1. The normalized spacial score (nSPS) is 20.6. The minimum Gasteiger partial charge on any atom is -0.481 e. The Hall–Kier alpha value is -1.08. The second-order valence-electron chi connectivity index (χ2n) is 4.77. The van der Waals surface area contributed by atoms with Crippen molar-refractivity contribution in [2.45, 2.75) is 37.9 Å². The van der Waals surface area contributed by atoms with Crippen LogP contribution in [0.1, 0.15) is 31.6 Å². The van der Waals surface area contributed by atoms with Crippen LogP contribution >= 0.6 is 11.8 Å². The zero-order valence-electron chi connectivity index (χ0n) is 11.4. The summed E-state index contributed by atoms with van der Waals surface area (Å²) in [6.07, 6.45) is 2.27. The van der Waals surface area contributed by atoms with Crippen LogP contribution in [0, 0.1) is 6.92 Å². The lowest BCUT2D eigenvalue weighted by molar-refractivity contribution is -0.133. The molecule has 0 saturated carbocycles. The fraction of sp³-hybridized carbons (Fsp3) is 0.750.